The molecule has 0 radical (unpaired) electrons. The fraction of sp³-hybridized carbons (Fsp3) is 0.267. The number of aryl methyl sites for hydroxylation is 1. The molecule has 4 nitrogen and oxygen atoms in total. The molecule has 110 valence electrons. The predicted molar refractivity (Wildman–Crippen MR) is 89.1 cm³/mol. The van der Waals surface area contributed by atoms with Crippen LogP contribution in [0.25, 0.3) is 0 Å². The van der Waals surface area contributed by atoms with Gasteiger partial charge in [-0.05, 0) is 18.9 Å². The number of rotatable bonds is 6. The Balaban J connectivity index is 1.99. The number of carbonyl (C=O) groups is 1. The molecule has 1 amide bonds. The number of thiazole rings is 1. The van der Waals surface area contributed by atoms with Crippen molar-refractivity contribution in [3.8, 4) is 0 Å². The molecule has 1 atom stereocenters. The van der Waals surface area contributed by atoms with Crippen LogP contribution in [0, 0.1) is 12.8 Å². The van der Waals surface area contributed by atoms with Crippen LogP contribution in [-0.2, 0) is 17.8 Å². The van der Waals surface area contributed by atoms with Crippen LogP contribution in [0.15, 0.2) is 35.8 Å². The maximum absolute atomic E-state index is 12.3. The maximum atomic E-state index is 12.3. The van der Waals surface area contributed by atoms with Crippen LogP contribution in [0.2, 0.25) is 0 Å². The van der Waals surface area contributed by atoms with E-state index in [-0.39, 0.29) is 10.9 Å². The minimum absolute atomic E-state index is 0.140. The van der Waals surface area contributed by atoms with Gasteiger partial charge in [0.2, 0.25) is 5.91 Å². The number of nitrogens with two attached hydrogens (primary N) is 1. The molecule has 1 heterocycles. The van der Waals surface area contributed by atoms with E-state index in [2.05, 4.69) is 10.3 Å². The predicted octanol–water partition coefficient (Wildman–Crippen LogP) is 2.21. The number of thiocarbonyl (C=S) groups is 1. The highest BCUT2D eigenvalue weighted by atomic mass is 32.1. The quantitative estimate of drug-likeness (QED) is 0.801. The zero-order chi connectivity index (χ0) is 15.2. The minimum Gasteiger partial charge on any atom is -0.393 e. The number of nitrogens with one attached hydrogen (secondary N) is 1. The first-order valence-corrected chi connectivity index (χ1v) is 7.86. The van der Waals surface area contributed by atoms with Crippen LogP contribution in [0.3, 0.4) is 0 Å². The van der Waals surface area contributed by atoms with E-state index in [1.165, 1.54) is 11.3 Å². The molecule has 2 rings (SSSR count). The van der Waals surface area contributed by atoms with Crippen LogP contribution >= 0.6 is 23.6 Å². The van der Waals surface area contributed by atoms with Gasteiger partial charge in [0, 0.05) is 4.88 Å². The zero-order valence-corrected chi connectivity index (χ0v) is 13.3. The Kier molecular flexibility index (Phi) is 5.41. The largest absolute Gasteiger partial charge is 0.393 e. The highest BCUT2D eigenvalue weighted by Gasteiger charge is 2.21. The summed E-state index contributed by atoms with van der Waals surface area (Å²) in [4.78, 5) is 17.7. The van der Waals surface area contributed by atoms with Crippen molar-refractivity contribution in [3.05, 3.63) is 52.0 Å². The molecular formula is C15H17N3OS2. The van der Waals surface area contributed by atoms with Crippen molar-refractivity contribution in [1.29, 1.82) is 0 Å². The van der Waals surface area contributed by atoms with Crippen LogP contribution in [0.4, 0.5) is 0 Å². The van der Waals surface area contributed by atoms with Gasteiger partial charge in [-0.25, -0.2) is 4.98 Å². The SMILES string of the molecule is Cc1ncsc1CNC(=O)C(Cc1ccccc1)C(N)=S. The summed E-state index contributed by atoms with van der Waals surface area (Å²) in [5.41, 5.74) is 9.48. The van der Waals surface area contributed by atoms with Gasteiger partial charge in [-0.15, -0.1) is 11.3 Å². The van der Waals surface area contributed by atoms with Gasteiger partial charge in [0.25, 0.3) is 0 Å². The van der Waals surface area contributed by atoms with Gasteiger partial charge in [-0.1, -0.05) is 42.5 Å². The van der Waals surface area contributed by atoms with Crippen LogP contribution < -0.4 is 11.1 Å². The second-order valence-electron chi connectivity index (χ2n) is 4.72. The smallest absolute Gasteiger partial charge is 0.230 e. The third-order valence-corrected chi connectivity index (χ3v) is 4.43. The maximum Gasteiger partial charge on any atom is 0.230 e. The second-order valence-corrected chi connectivity index (χ2v) is 6.13. The fourth-order valence-electron chi connectivity index (χ4n) is 1.96. The Morgan fingerprint density at radius 2 is 2.14 bits per heavy atom. The van der Waals surface area contributed by atoms with Crippen molar-refractivity contribution in [2.75, 3.05) is 0 Å². The Bertz CT molecular complexity index is 625. The van der Waals surface area contributed by atoms with Crippen LogP contribution in [0.5, 0.6) is 0 Å². The Morgan fingerprint density at radius 1 is 1.43 bits per heavy atom. The summed E-state index contributed by atoms with van der Waals surface area (Å²) >= 11 is 6.57. The summed E-state index contributed by atoms with van der Waals surface area (Å²) in [5, 5.41) is 2.89. The third-order valence-electron chi connectivity index (χ3n) is 3.21. The molecule has 1 unspecified atom stereocenters. The summed E-state index contributed by atoms with van der Waals surface area (Å²) in [6, 6.07) is 9.73. The molecule has 0 saturated carbocycles. The van der Waals surface area contributed by atoms with E-state index < -0.39 is 5.92 Å². The first kappa shape index (κ1) is 15.6. The van der Waals surface area contributed by atoms with E-state index in [0.717, 1.165) is 16.1 Å². The normalized spacial score (nSPS) is 11.9. The molecule has 0 aliphatic carbocycles. The first-order valence-electron chi connectivity index (χ1n) is 6.58. The first-order chi connectivity index (χ1) is 10.1. The topological polar surface area (TPSA) is 68.0 Å². The molecule has 21 heavy (non-hydrogen) atoms. The van der Waals surface area contributed by atoms with E-state index >= 15 is 0 Å². The molecule has 1 aromatic heterocycles. The molecule has 0 fully saturated rings. The summed E-state index contributed by atoms with van der Waals surface area (Å²) in [6.07, 6.45) is 0.518. The molecular weight excluding hydrogens is 302 g/mol. The number of amides is 1. The molecule has 6 heteroatoms. The highest BCUT2D eigenvalue weighted by molar-refractivity contribution is 7.80. The fourth-order valence-corrected chi connectivity index (χ4v) is 2.87. The number of carbonyl (C=O) groups excluding carboxylic acids is 1. The zero-order valence-electron chi connectivity index (χ0n) is 11.7. The van der Waals surface area contributed by atoms with E-state index in [9.17, 15) is 4.79 Å². The summed E-state index contributed by atoms with van der Waals surface area (Å²) in [6.45, 7) is 2.39. The average molecular weight is 319 g/mol. The van der Waals surface area contributed by atoms with Crippen molar-refractivity contribution in [2.24, 2.45) is 11.7 Å². The lowest BCUT2D eigenvalue weighted by molar-refractivity contribution is -0.123. The molecule has 0 aliphatic heterocycles. The standard InChI is InChI=1S/C15H17N3OS2/c1-10-13(21-9-18-10)8-17-15(19)12(14(16)20)7-11-5-3-2-4-6-11/h2-6,9,12H,7-8H2,1H3,(H2,16,20)(H,17,19). The van der Waals surface area contributed by atoms with Gasteiger partial charge in [0.15, 0.2) is 0 Å². The number of hydrogen-bond acceptors (Lipinski definition) is 4. The van der Waals surface area contributed by atoms with E-state index in [1.807, 2.05) is 37.3 Å². The van der Waals surface area contributed by atoms with E-state index in [0.29, 0.717) is 13.0 Å². The van der Waals surface area contributed by atoms with Gasteiger partial charge < -0.3 is 11.1 Å². The average Bonchev–Trinajstić information content (AvgIpc) is 2.88. The number of nitrogens with zero attached hydrogens (tertiary/aromatic N) is 1. The van der Waals surface area contributed by atoms with Crippen LogP contribution in [-0.4, -0.2) is 15.9 Å². The van der Waals surface area contributed by atoms with Crippen molar-refractivity contribution in [3.63, 3.8) is 0 Å². The summed E-state index contributed by atoms with van der Waals surface area (Å²) in [5.74, 6) is -0.630. The molecule has 3 N–H and O–H groups in total. The summed E-state index contributed by atoms with van der Waals surface area (Å²) < 4.78 is 0. The third kappa shape index (κ3) is 4.34. The minimum atomic E-state index is -0.490. The lowest BCUT2D eigenvalue weighted by Crippen LogP contribution is -2.38. The van der Waals surface area contributed by atoms with Gasteiger partial charge >= 0.3 is 0 Å². The molecule has 0 saturated heterocycles. The highest BCUT2D eigenvalue weighted by Crippen LogP contribution is 2.13. The molecule has 2 aromatic rings. The molecule has 0 bridgehead atoms. The van der Waals surface area contributed by atoms with Crippen molar-refractivity contribution >= 4 is 34.5 Å². The Morgan fingerprint density at radius 3 is 2.71 bits per heavy atom. The number of hydrogen-bond donors (Lipinski definition) is 2. The number of benzene rings is 1. The van der Waals surface area contributed by atoms with E-state index in [4.69, 9.17) is 18.0 Å². The second kappa shape index (κ2) is 7.28. The van der Waals surface area contributed by atoms with Crippen molar-refractivity contribution in [1.82, 2.24) is 10.3 Å². The van der Waals surface area contributed by atoms with Gasteiger partial charge in [0.1, 0.15) is 0 Å². The monoisotopic (exact) mass is 319 g/mol. The Hall–Kier alpha value is -1.79. The molecule has 1 aromatic carbocycles. The lowest BCUT2D eigenvalue weighted by atomic mass is 9.98. The Labute approximate surface area is 133 Å². The lowest BCUT2D eigenvalue weighted by Gasteiger charge is -2.15. The van der Waals surface area contributed by atoms with Gasteiger partial charge in [-0.2, -0.15) is 0 Å². The van der Waals surface area contributed by atoms with Crippen molar-refractivity contribution < 1.29 is 4.79 Å². The molecule has 0 spiro atoms. The summed E-state index contributed by atoms with van der Waals surface area (Å²) in [7, 11) is 0. The van der Waals surface area contributed by atoms with Gasteiger partial charge in [-0.3, -0.25) is 4.79 Å². The van der Waals surface area contributed by atoms with Gasteiger partial charge in [0.05, 0.1) is 28.7 Å². The number of aromatic nitrogens is 1. The van der Waals surface area contributed by atoms with Crippen molar-refractivity contribution in [2.45, 2.75) is 19.9 Å². The van der Waals surface area contributed by atoms with E-state index in [1.54, 1.807) is 5.51 Å². The molecule has 0 aliphatic rings. The van der Waals surface area contributed by atoms with Crippen LogP contribution in [0.1, 0.15) is 16.1 Å².